The maximum Gasteiger partial charge on any atom is 0.228 e. The van der Waals surface area contributed by atoms with Crippen LogP contribution in [0.3, 0.4) is 0 Å². The predicted octanol–water partition coefficient (Wildman–Crippen LogP) is 1.62. The van der Waals surface area contributed by atoms with Gasteiger partial charge in [-0.3, -0.25) is 9.48 Å². The van der Waals surface area contributed by atoms with Gasteiger partial charge in [-0.1, -0.05) is 13.8 Å². The van der Waals surface area contributed by atoms with Crippen LogP contribution in [0.5, 0.6) is 0 Å². The van der Waals surface area contributed by atoms with Crippen molar-refractivity contribution in [3.63, 3.8) is 0 Å². The molecule has 0 bridgehead atoms. The van der Waals surface area contributed by atoms with E-state index in [4.69, 9.17) is 10.5 Å². The third-order valence-electron chi connectivity index (χ3n) is 3.73. The minimum absolute atomic E-state index is 0.0251. The Labute approximate surface area is 126 Å². The van der Waals surface area contributed by atoms with Crippen molar-refractivity contribution in [2.45, 2.75) is 45.8 Å². The van der Waals surface area contributed by atoms with Gasteiger partial charge in [0.15, 0.2) is 0 Å². The van der Waals surface area contributed by atoms with Crippen LogP contribution >= 0.6 is 0 Å². The molecule has 2 heterocycles. The topological polar surface area (TPSA) is 82.2 Å². The number of nitrogens with one attached hydrogen (secondary N) is 1. The number of hydrogen-bond donors (Lipinski definition) is 2. The summed E-state index contributed by atoms with van der Waals surface area (Å²) in [4.78, 5) is 12.2. The lowest BCUT2D eigenvalue weighted by atomic mass is 9.96. The molecule has 1 amide bonds. The Hall–Kier alpha value is -1.40. The van der Waals surface area contributed by atoms with E-state index in [-0.39, 0.29) is 17.9 Å². The summed E-state index contributed by atoms with van der Waals surface area (Å²) in [6, 6.07) is 0. The SMILES string of the molecule is CC(C)CC(CN)C(=O)Nc1cnn(CC2CCCO2)c1. The molecule has 21 heavy (non-hydrogen) atoms. The average molecular weight is 294 g/mol. The molecule has 0 aliphatic carbocycles. The molecule has 1 aliphatic rings. The van der Waals surface area contributed by atoms with E-state index < -0.39 is 0 Å². The Bertz CT molecular complexity index is 452. The monoisotopic (exact) mass is 294 g/mol. The quantitative estimate of drug-likeness (QED) is 0.800. The number of nitrogens with two attached hydrogens (primary N) is 1. The highest BCUT2D eigenvalue weighted by Gasteiger charge is 2.20. The van der Waals surface area contributed by atoms with Crippen molar-refractivity contribution in [2.75, 3.05) is 18.5 Å². The summed E-state index contributed by atoms with van der Waals surface area (Å²) in [5.74, 6) is 0.279. The highest BCUT2D eigenvalue weighted by molar-refractivity contribution is 5.92. The van der Waals surface area contributed by atoms with Crippen molar-refractivity contribution in [1.29, 1.82) is 0 Å². The Morgan fingerprint density at radius 3 is 3.05 bits per heavy atom. The van der Waals surface area contributed by atoms with Gasteiger partial charge in [0.1, 0.15) is 0 Å². The third kappa shape index (κ3) is 4.82. The maximum absolute atomic E-state index is 12.2. The lowest BCUT2D eigenvalue weighted by Crippen LogP contribution is -2.30. The fourth-order valence-electron chi connectivity index (χ4n) is 2.65. The van der Waals surface area contributed by atoms with Gasteiger partial charge in [-0.05, 0) is 25.2 Å². The fraction of sp³-hybridized carbons (Fsp3) is 0.733. The van der Waals surface area contributed by atoms with Crippen molar-refractivity contribution < 1.29 is 9.53 Å². The van der Waals surface area contributed by atoms with Crippen LogP contribution in [0.2, 0.25) is 0 Å². The third-order valence-corrected chi connectivity index (χ3v) is 3.73. The minimum Gasteiger partial charge on any atom is -0.376 e. The van der Waals surface area contributed by atoms with E-state index in [9.17, 15) is 4.79 Å². The van der Waals surface area contributed by atoms with E-state index >= 15 is 0 Å². The molecule has 0 spiro atoms. The number of aromatic nitrogens is 2. The first-order valence-electron chi connectivity index (χ1n) is 7.73. The standard InChI is InChI=1S/C15H26N4O2/c1-11(2)6-12(7-16)15(20)18-13-8-17-19(9-13)10-14-4-3-5-21-14/h8-9,11-12,14H,3-7,10,16H2,1-2H3,(H,18,20). The summed E-state index contributed by atoms with van der Waals surface area (Å²) in [6.07, 6.45) is 6.75. The van der Waals surface area contributed by atoms with E-state index in [1.807, 2.05) is 10.9 Å². The first kappa shape index (κ1) is 16.0. The zero-order valence-electron chi connectivity index (χ0n) is 12.9. The van der Waals surface area contributed by atoms with E-state index in [0.717, 1.165) is 38.1 Å². The minimum atomic E-state index is -0.147. The molecule has 0 saturated carbocycles. The van der Waals surface area contributed by atoms with E-state index in [2.05, 4.69) is 24.3 Å². The second kappa shape index (κ2) is 7.56. The highest BCUT2D eigenvalue weighted by Crippen LogP contribution is 2.16. The summed E-state index contributed by atoms with van der Waals surface area (Å²) in [5.41, 5.74) is 6.41. The molecule has 0 radical (unpaired) electrons. The molecule has 3 N–H and O–H groups in total. The zero-order chi connectivity index (χ0) is 15.2. The number of carbonyl (C=O) groups excluding carboxylic acids is 1. The van der Waals surface area contributed by atoms with Crippen LogP contribution in [-0.2, 0) is 16.1 Å². The molecule has 6 nitrogen and oxygen atoms in total. The number of nitrogens with zero attached hydrogens (tertiary/aromatic N) is 2. The van der Waals surface area contributed by atoms with Gasteiger partial charge in [0.25, 0.3) is 0 Å². The van der Waals surface area contributed by atoms with Crippen LogP contribution in [0.4, 0.5) is 5.69 Å². The molecule has 6 heteroatoms. The van der Waals surface area contributed by atoms with E-state index in [0.29, 0.717) is 12.5 Å². The van der Waals surface area contributed by atoms with Gasteiger partial charge in [-0.15, -0.1) is 0 Å². The number of anilines is 1. The van der Waals surface area contributed by atoms with Gasteiger partial charge in [-0.2, -0.15) is 5.10 Å². The van der Waals surface area contributed by atoms with Crippen LogP contribution in [0.1, 0.15) is 33.1 Å². The highest BCUT2D eigenvalue weighted by atomic mass is 16.5. The van der Waals surface area contributed by atoms with Crippen LogP contribution in [-0.4, -0.2) is 34.9 Å². The second-order valence-corrected chi connectivity index (χ2v) is 6.14. The first-order chi connectivity index (χ1) is 10.1. The van der Waals surface area contributed by atoms with Gasteiger partial charge >= 0.3 is 0 Å². The molecule has 1 aromatic heterocycles. The van der Waals surface area contributed by atoms with Crippen LogP contribution < -0.4 is 11.1 Å². The number of hydrogen-bond acceptors (Lipinski definition) is 4. The number of carbonyl (C=O) groups is 1. The first-order valence-corrected chi connectivity index (χ1v) is 7.73. The van der Waals surface area contributed by atoms with Crippen LogP contribution in [0.25, 0.3) is 0 Å². The van der Waals surface area contributed by atoms with Crippen LogP contribution in [0.15, 0.2) is 12.4 Å². The molecule has 0 aromatic carbocycles. The van der Waals surface area contributed by atoms with Crippen LogP contribution in [0, 0.1) is 11.8 Å². The zero-order valence-corrected chi connectivity index (χ0v) is 12.9. The summed E-state index contributed by atoms with van der Waals surface area (Å²) in [5, 5.41) is 7.17. The van der Waals surface area contributed by atoms with Gasteiger partial charge in [-0.25, -0.2) is 0 Å². The van der Waals surface area contributed by atoms with Crippen molar-refractivity contribution >= 4 is 11.6 Å². The van der Waals surface area contributed by atoms with E-state index in [1.165, 1.54) is 0 Å². The Morgan fingerprint density at radius 1 is 1.62 bits per heavy atom. The second-order valence-electron chi connectivity index (χ2n) is 6.14. The average Bonchev–Trinajstić information content (AvgIpc) is 3.08. The van der Waals surface area contributed by atoms with E-state index in [1.54, 1.807) is 6.20 Å². The predicted molar refractivity (Wildman–Crippen MR) is 81.8 cm³/mol. The number of ether oxygens (including phenoxy) is 1. The lowest BCUT2D eigenvalue weighted by Gasteiger charge is -2.16. The molecule has 2 atom stereocenters. The van der Waals surface area contributed by atoms with Crippen molar-refractivity contribution in [2.24, 2.45) is 17.6 Å². The van der Waals surface area contributed by atoms with Gasteiger partial charge in [0.2, 0.25) is 5.91 Å². The Morgan fingerprint density at radius 2 is 2.43 bits per heavy atom. The lowest BCUT2D eigenvalue weighted by molar-refractivity contribution is -0.120. The normalized spacial score (nSPS) is 19.9. The van der Waals surface area contributed by atoms with Crippen molar-refractivity contribution in [3.05, 3.63) is 12.4 Å². The molecular weight excluding hydrogens is 268 g/mol. The maximum atomic E-state index is 12.2. The summed E-state index contributed by atoms with van der Waals surface area (Å²) < 4.78 is 7.41. The van der Waals surface area contributed by atoms with Crippen molar-refractivity contribution in [1.82, 2.24) is 9.78 Å². The smallest absolute Gasteiger partial charge is 0.228 e. The van der Waals surface area contributed by atoms with Gasteiger partial charge in [0, 0.05) is 19.3 Å². The molecular formula is C15H26N4O2. The molecule has 1 aromatic rings. The molecule has 2 rings (SSSR count). The molecule has 1 fully saturated rings. The van der Waals surface area contributed by atoms with Gasteiger partial charge < -0.3 is 15.8 Å². The Kier molecular flexibility index (Phi) is 5.76. The number of amides is 1. The Balaban J connectivity index is 1.87. The number of rotatable bonds is 7. The summed E-state index contributed by atoms with van der Waals surface area (Å²) in [7, 11) is 0. The fourth-order valence-corrected chi connectivity index (χ4v) is 2.65. The summed E-state index contributed by atoms with van der Waals surface area (Å²) in [6.45, 7) is 6.13. The summed E-state index contributed by atoms with van der Waals surface area (Å²) >= 11 is 0. The molecule has 2 unspecified atom stereocenters. The largest absolute Gasteiger partial charge is 0.376 e. The van der Waals surface area contributed by atoms with Gasteiger partial charge in [0.05, 0.1) is 30.5 Å². The molecule has 1 saturated heterocycles. The molecule has 1 aliphatic heterocycles. The van der Waals surface area contributed by atoms with Crippen molar-refractivity contribution in [3.8, 4) is 0 Å². The molecule has 118 valence electrons.